The van der Waals surface area contributed by atoms with Gasteiger partial charge in [-0.05, 0) is 56.3 Å². The third-order valence-corrected chi connectivity index (χ3v) is 6.85. The summed E-state index contributed by atoms with van der Waals surface area (Å²) in [5.41, 5.74) is 5.57. The van der Waals surface area contributed by atoms with Crippen LogP contribution in [0.15, 0.2) is 40.9 Å². The minimum absolute atomic E-state index is 0.0300. The zero-order valence-electron chi connectivity index (χ0n) is 15.5. The first kappa shape index (κ1) is 17.8. The van der Waals surface area contributed by atoms with Crippen LogP contribution in [0.1, 0.15) is 45.2 Å². The van der Waals surface area contributed by atoms with Crippen LogP contribution < -0.4 is 5.32 Å². The molecule has 3 heteroatoms. The Morgan fingerprint density at radius 2 is 2.17 bits per heavy atom. The molecule has 2 aliphatic rings. The van der Waals surface area contributed by atoms with Crippen LogP contribution in [0.25, 0.3) is 0 Å². The molecule has 2 unspecified atom stereocenters. The van der Waals surface area contributed by atoms with E-state index in [1.165, 1.54) is 26.9 Å². The summed E-state index contributed by atoms with van der Waals surface area (Å²) >= 11 is 3.78. The fourth-order valence-corrected chi connectivity index (χ4v) is 4.94. The molecule has 2 aliphatic heterocycles. The second-order valence-electron chi connectivity index (χ2n) is 8.15. The summed E-state index contributed by atoms with van der Waals surface area (Å²) in [7, 11) is 2.23. The van der Waals surface area contributed by atoms with Crippen LogP contribution in [-0.4, -0.2) is 24.7 Å². The van der Waals surface area contributed by atoms with Gasteiger partial charge in [-0.25, -0.2) is 0 Å². The lowest BCUT2D eigenvalue weighted by Crippen LogP contribution is -2.49. The van der Waals surface area contributed by atoms with Crippen LogP contribution >= 0.6 is 15.9 Å². The molecule has 2 nitrogen and oxygen atoms in total. The van der Waals surface area contributed by atoms with E-state index in [0.29, 0.717) is 6.17 Å². The third kappa shape index (κ3) is 2.48. The number of hydrogen-bond acceptors (Lipinski definition) is 2. The Labute approximate surface area is 155 Å². The number of nitrogens with zero attached hydrogens (tertiary/aromatic N) is 1. The average molecular weight is 389 g/mol. The predicted octanol–water partition coefficient (Wildman–Crippen LogP) is 5.49. The average Bonchev–Trinajstić information content (AvgIpc) is 3.01. The number of rotatable bonds is 4. The van der Waals surface area contributed by atoms with E-state index in [2.05, 4.69) is 91.8 Å². The summed E-state index contributed by atoms with van der Waals surface area (Å²) in [6.45, 7) is 14.3. The number of allylic oxidation sites excluding steroid dienone is 3. The van der Waals surface area contributed by atoms with Crippen LogP contribution in [0, 0.1) is 5.41 Å². The van der Waals surface area contributed by atoms with E-state index in [9.17, 15) is 0 Å². The Balaban J connectivity index is 2.16. The van der Waals surface area contributed by atoms with Gasteiger partial charge in [0.2, 0.25) is 0 Å². The van der Waals surface area contributed by atoms with E-state index in [1.807, 2.05) is 0 Å². The lowest BCUT2D eigenvalue weighted by atomic mass is 9.60. The van der Waals surface area contributed by atoms with Gasteiger partial charge in [0.1, 0.15) is 0 Å². The van der Waals surface area contributed by atoms with Crippen molar-refractivity contribution < 1.29 is 0 Å². The number of halogens is 1. The second-order valence-corrected chi connectivity index (χ2v) is 9.00. The van der Waals surface area contributed by atoms with E-state index < -0.39 is 0 Å². The third-order valence-electron chi connectivity index (χ3n) is 6.12. The van der Waals surface area contributed by atoms with Gasteiger partial charge in [0.15, 0.2) is 0 Å². The highest BCUT2D eigenvalue weighted by molar-refractivity contribution is 9.10. The number of fused-ring (bicyclic) bond motifs is 3. The van der Waals surface area contributed by atoms with Gasteiger partial charge < -0.3 is 5.32 Å². The molecule has 3 rings (SSSR count). The summed E-state index contributed by atoms with van der Waals surface area (Å²) in [5.74, 6) is 0. The lowest BCUT2D eigenvalue weighted by Gasteiger charge is -2.43. The van der Waals surface area contributed by atoms with Crippen molar-refractivity contribution >= 4 is 21.6 Å². The van der Waals surface area contributed by atoms with Gasteiger partial charge in [0, 0.05) is 22.1 Å². The Bertz CT molecular complexity index is 700. The molecule has 130 valence electrons. The molecule has 0 saturated carbocycles. The Kier molecular flexibility index (Phi) is 4.46. The van der Waals surface area contributed by atoms with Crippen LogP contribution in [-0.2, 0) is 11.8 Å². The molecular weight excluding hydrogens is 360 g/mol. The summed E-state index contributed by atoms with van der Waals surface area (Å²) in [6, 6.07) is 4.70. The van der Waals surface area contributed by atoms with Crippen molar-refractivity contribution in [3.05, 3.63) is 52.0 Å². The molecule has 1 N–H and O–H groups in total. The van der Waals surface area contributed by atoms with Gasteiger partial charge >= 0.3 is 0 Å². The van der Waals surface area contributed by atoms with Crippen LogP contribution in [0.3, 0.4) is 0 Å². The summed E-state index contributed by atoms with van der Waals surface area (Å²) < 4.78 is 1.19. The van der Waals surface area contributed by atoms with Crippen molar-refractivity contribution in [3.63, 3.8) is 0 Å². The van der Waals surface area contributed by atoms with Crippen molar-refractivity contribution in [2.24, 2.45) is 5.41 Å². The first-order valence-electron chi connectivity index (χ1n) is 8.79. The zero-order valence-corrected chi connectivity index (χ0v) is 17.1. The molecule has 2 atom stereocenters. The minimum Gasteiger partial charge on any atom is -0.369 e. The van der Waals surface area contributed by atoms with E-state index in [1.54, 1.807) is 0 Å². The number of nitrogens with one attached hydrogen (secondary N) is 1. The number of benzene rings is 1. The second kappa shape index (κ2) is 6.03. The standard InChI is InChI=1S/C21H29BrN2/c1-7-20(4,5)21-10-11-24(6)19(21)23-18-13-17(22)15(12-16(18)21)9-8-14(2)3/h7-8,12-13,19,23H,1,9-11H2,2-6H3. The van der Waals surface area contributed by atoms with Gasteiger partial charge in [0.05, 0.1) is 6.17 Å². The highest BCUT2D eigenvalue weighted by Gasteiger charge is 2.59. The molecule has 0 aliphatic carbocycles. The van der Waals surface area contributed by atoms with Crippen molar-refractivity contribution in [2.75, 3.05) is 18.9 Å². The summed E-state index contributed by atoms with van der Waals surface area (Å²) in [6.07, 6.45) is 6.93. The largest absolute Gasteiger partial charge is 0.369 e. The summed E-state index contributed by atoms with van der Waals surface area (Å²) in [5, 5.41) is 3.79. The van der Waals surface area contributed by atoms with E-state index in [-0.39, 0.29) is 10.8 Å². The summed E-state index contributed by atoms with van der Waals surface area (Å²) in [4.78, 5) is 2.45. The molecule has 0 amide bonds. The number of likely N-dealkylation sites (tertiary alicyclic amines) is 1. The van der Waals surface area contributed by atoms with Crippen LogP contribution in [0.5, 0.6) is 0 Å². The first-order chi connectivity index (χ1) is 11.2. The maximum atomic E-state index is 4.16. The van der Waals surface area contributed by atoms with Crippen molar-refractivity contribution in [1.82, 2.24) is 4.90 Å². The van der Waals surface area contributed by atoms with Gasteiger partial charge in [-0.15, -0.1) is 6.58 Å². The number of likely N-dealkylation sites (N-methyl/N-ethyl adjacent to an activating group) is 1. The monoisotopic (exact) mass is 388 g/mol. The molecular formula is C21H29BrN2. The Morgan fingerprint density at radius 3 is 2.79 bits per heavy atom. The molecule has 2 heterocycles. The zero-order chi connectivity index (χ0) is 17.7. The van der Waals surface area contributed by atoms with Gasteiger partial charge in [-0.3, -0.25) is 4.90 Å². The molecule has 1 fully saturated rings. The molecule has 0 bridgehead atoms. The number of hydrogen-bond donors (Lipinski definition) is 1. The van der Waals surface area contributed by atoms with Gasteiger partial charge in [-0.1, -0.05) is 53.6 Å². The molecule has 0 spiro atoms. The molecule has 24 heavy (non-hydrogen) atoms. The molecule has 1 aromatic rings. The number of anilines is 1. The van der Waals surface area contributed by atoms with Crippen molar-refractivity contribution in [2.45, 2.75) is 52.1 Å². The molecule has 0 aromatic heterocycles. The van der Waals surface area contributed by atoms with Crippen molar-refractivity contribution in [3.8, 4) is 0 Å². The van der Waals surface area contributed by atoms with Gasteiger partial charge in [-0.2, -0.15) is 0 Å². The molecule has 0 radical (unpaired) electrons. The maximum Gasteiger partial charge on any atom is 0.0899 e. The Morgan fingerprint density at radius 1 is 1.46 bits per heavy atom. The highest BCUT2D eigenvalue weighted by atomic mass is 79.9. The van der Waals surface area contributed by atoms with Crippen LogP contribution in [0.4, 0.5) is 5.69 Å². The van der Waals surface area contributed by atoms with E-state index in [0.717, 1.165) is 19.4 Å². The fraction of sp³-hybridized carbons (Fsp3) is 0.524. The highest BCUT2D eigenvalue weighted by Crippen LogP contribution is 2.58. The SMILES string of the molecule is C=CC(C)(C)C12CCN(C)C1Nc1cc(Br)c(CC=C(C)C)cc12. The lowest BCUT2D eigenvalue weighted by molar-refractivity contribution is 0.178. The first-order valence-corrected chi connectivity index (χ1v) is 9.59. The van der Waals surface area contributed by atoms with Crippen LogP contribution in [0.2, 0.25) is 0 Å². The quantitative estimate of drug-likeness (QED) is 0.685. The van der Waals surface area contributed by atoms with Crippen molar-refractivity contribution in [1.29, 1.82) is 0 Å². The smallest absolute Gasteiger partial charge is 0.0899 e. The van der Waals surface area contributed by atoms with E-state index in [4.69, 9.17) is 0 Å². The molecule has 1 aromatic carbocycles. The predicted molar refractivity (Wildman–Crippen MR) is 108 cm³/mol. The minimum atomic E-state index is 0.0300. The maximum absolute atomic E-state index is 4.16. The molecule has 1 saturated heterocycles. The normalized spacial score (nSPS) is 25.8. The van der Waals surface area contributed by atoms with Gasteiger partial charge in [0.25, 0.3) is 0 Å². The fourth-order valence-electron chi connectivity index (χ4n) is 4.44. The topological polar surface area (TPSA) is 15.3 Å². The Hall–Kier alpha value is -1.06. The van der Waals surface area contributed by atoms with E-state index >= 15 is 0 Å².